The molecule has 0 radical (unpaired) electrons. The Bertz CT molecular complexity index is 673. The highest BCUT2D eigenvalue weighted by molar-refractivity contribution is 7.81. The first-order valence-corrected chi connectivity index (χ1v) is 9.90. The molecule has 1 fully saturated rings. The van der Waals surface area contributed by atoms with Crippen LogP contribution in [-0.4, -0.2) is 83.1 Å². The van der Waals surface area contributed by atoms with Gasteiger partial charge in [-0.3, -0.25) is 24.5 Å². The van der Waals surface area contributed by atoms with Gasteiger partial charge in [0.15, 0.2) is 17.3 Å². The Morgan fingerprint density at radius 3 is 2.07 bits per heavy atom. The normalized spacial score (nSPS) is 26.8. The number of thiocarbonyl (C=S) groups is 1. The van der Waals surface area contributed by atoms with Crippen molar-refractivity contribution in [3.05, 3.63) is 0 Å². The van der Waals surface area contributed by atoms with Crippen molar-refractivity contribution in [3.63, 3.8) is 0 Å². The number of thiol groups is 1. The molecule has 1 aliphatic rings. The van der Waals surface area contributed by atoms with E-state index in [1.165, 1.54) is 13.8 Å². The number of ether oxygens (including phenoxy) is 5. The molecule has 0 aliphatic carbocycles. The maximum Gasteiger partial charge on any atom is 0.308 e. The van der Waals surface area contributed by atoms with Gasteiger partial charge in [-0.05, 0) is 12.2 Å². The van der Waals surface area contributed by atoms with E-state index in [1.807, 2.05) is 0 Å². The monoisotopic (exact) mass is 467 g/mol. The van der Waals surface area contributed by atoms with Crippen molar-refractivity contribution in [1.29, 1.82) is 0 Å². The van der Waals surface area contributed by atoms with Crippen LogP contribution in [0.1, 0.15) is 27.7 Å². The van der Waals surface area contributed by atoms with Crippen molar-refractivity contribution in [2.75, 3.05) is 12.4 Å². The summed E-state index contributed by atoms with van der Waals surface area (Å²) in [4.78, 5) is 45.5. The fraction of sp³-hybridized carbons (Fsp3) is 0.706. The summed E-state index contributed by atoms with van der Waals surface area (Å²) in [5.41, 5.74) is 0. The van der Waals surface area contributed by atoms with Crippen LogP contribution in [0.4, 0.5) is 0 Å². The summed E-state index contributed by atoms with van der Waals surface area (Å²) in [6.45, 7) is 4.23. The van der Waals surface area contributed by atoms with Crippen LogP contribution in [0.3, 0.4) is 0 Å². The average molecular weight is 468 g/mol. The first-order chi connectivity index (χ1) is 14.0. The lowest BCUT2D eigenvalue weighted by atomic mass is 9.97. The van der Waals surface area contributed by atoms with E-state index in [9.17, 15) is 24.3 Å². The minimum atomic E-state index is -1.52. The van der Waals surface area contributed by atoms with Crippen LogP contribution < -0.4 is 5.32 Å². The maximum absolute atomic E-state index is 11.6. The van der Waals surface area contributed by atoms with E-state index >= 15 is 0 Å². The number of rotatable bonds is 8. The minimum absolute atomic E-state index is 0.0684. The molecule has 1 rings (SSSR count). The van der Waals surface area contributed by atoms with Gasteiger partial charge < -0.3 is 28.8 Å². The summed E-state index contributed by atoms with van der Waals surface area (Å²) in [6.07, 6.45) is -6.44. The van der Waals surface area contributed by atoms with Crippen LogP contribution in [0, 0.1) is 0 Å². The lowest BCUT2D eigenvalue weighted by Crippen LogP contribution is -2.66. The fourth-order valence-electron chi connectivity index (χ4n) is 2.67. The molecule has 1 unspecified atom stereocenters. The second-order valence-corrected chi connectivity index (χ2v) is 7.12. The molecule has 0 aromatic carbocycles. The second-order valence-electron chi connectivity index (χ2n) is 6.35. The fourth-order valence-corrected chi connectivity index (χ4v) is 3.33. The minimum Gasteiger partial charge on any atom is -0.463 e. The van der Waals surface area contributed by atoms with Crippen molar-refractivity contribution in [2.45, 2.75) is 64.4 Å². The third-order valence-corrected chi connectivity index (χ3v) is 4.52. The van der Waals surface area contributed by atoms with Gasteiger partial charge in [-0.1, -0.05) is 0 Å². The third-order valence-electron chi connectivity index (χ3n) is 3.79. The smallest absolute Gasteiger partial charge is 0.308 e. The van der Waals surface area contributed by atoms with Crippen molar-refractivity contribution in [2.24, 2.45) is 0 Å². The van der Waals surface area contributed by atoms with E-state index in [4.69, 9.17) is 35.9 Å². The largest absolute Gasteiger partial charge is 0.463 e. The predicted molar refractivity (Wildman–Crippen MR) is 108 cm³/mol. The maximum atomic E-state index is 11.6. The number of nitrogens with one attached hydrogen (secondary N) is 1. The first-order valence-electron chi connectivity index (χ1n) is 8.86. The zero-order valence-electron chi connectivity index (χ0n) is 16.9. The molecule has 0 bridgehead atoms. The lowest BCUT2D eigenvalue weighted by Gasteiger charge is -2.44. The highest BCUT2D eigenvalue weighted by atomic mass is 32.1. The van der Waals surface area contributed by atoms with Gasteiger partial charge in [-0.15, -0.1) is 0 Å². The zero-order chi connectivity index (χ0) is 23.0. The molecule has 0 saturated carbocycles. The van der Waals surface area contributed by atoms with Gasteiger partial charge in [-0.25, -0.2) is 0 Å². The molecule has 0 spiro atoms. The lowest BCUT2D eigenvalue weighted by molar-refractivity contribution is -0.253. The van der Waals surface area contributed by atoms with Gasteiger partial charge >= 0.3 is 23.9 Å². The summed E-state index contributed by atoms with van der Waals surface area (Å²) >= 11 is 9.17. The number of aliphatic hydroxyl groups excluding tert-OH is 1. The van der Waals surface area contributed by atoms with Crippen LogP contribution in [-0.2, 0) is 42.9 Å². The van der Waals surface area contributed by atoms with Crippen LogP contribution >= 0.6 is 24.8 Å². The molecule has 0 amide bonds. The Hall–Kier alpha value is -1.80. The Labute approximate surface area is 184 Å². The molecule has 0 aromatic heterocycles. The summed E-state index contributed by atoms with van der Waals surface area (Å²) in [7, 11) is 0. The molecule has 1 aliphatic heterocycles. The Morgan fingerprint density at radius 2 is 1.60 bits per heavy atom. The average Bonchev–Trinajstić information content (AvgIpc) is 2.61. The van der Waals surface area contributed by atoms with Gasteiger partial charge in [0.2, 0.25) is 0 Å². The van der Waals surface area contributed by atoms with Crippen molar-refractivity contribution < 1.29 is 48.0 Å². The SMILES string of the molecule is CC(=O)OC[C@H]1OC(N[C@@H](CS)C(=S)OC(C)=O)[C@H](O)[C@@H](OC(C)=O)[C@@H]1OC(C)=O. The van der Waals surface area contributed by atoms with Gasteiger partial charge in [0.05, 0.1) is 6.04 Å². The summed E-state index contributed by atoms with van der Waals surface area (Å²) in [5, 5.41) is 13.4. The highest BCUT2D eigenvalue weighted by Crippen LogP contribution is 2.26. The van der Waals surface area contributed by atoms with Gasteiger partial charge in [-0.2, -0.15) is 12.6 Å². The third kappa shape index (κ3) is 8.14. The number of carbonyl (C=O) groups excluding carboxylic acids is 4. The highest BCUT2D eigenvalue weighted by Gasteiger charge is 2.50. The molecule has 1 saturated heterocycles. The van der Waals surface area contributed by atoms with Crippen molar-refractivity contribution in [3.8, 4) is 0 Å². The number of carbonyl (C=O) groups is 4. The molecule has 6 atom stereocenters. The molecule has 0 aromatic rings. The van der Waals surface area contributed by atoms with Gasteiger partial charge in [0, 0.05) is 33.4 Å². The summed E-state index contributed by atoms with van der Waals surface area (Å²) in [6, 6.07) is -0.815. The summed E-state index contributed by atoms with van der Waals surface area (Å²) in [5.74, 6) is -2.66. The quantitative estimate of drug-likeness (QED) is 0.179. The van der Waals surface area contributed by atoms with E-state index in [0.717, 1.165) is 13.8 Å². The molecule has 11 nitrogen and oxygen atoms in total. The second kappa shape index (κ2) is 12.2. The van der Waals surface area contributed by atoms with Crippen LogP contribution in [0.15, 0.2) is 0 Å². The molecule has 170 valence electrons. The van der Waals surface area contributed by atoms with Gasteiger partial charge in [0.25, 0.3) is 0 Å². The molecular formula is C17H25NO10S2. The van der Waals surface area contributed by atoms with E-state index in [1.54, 1.807) is 0 Å². The Balaban J connectivity index is 3.15. The number of aliphatic hydroxyl groups is 1. The Morgan fingerprint density at radius 1 is 1.03 bits per heavy atom. The van der Waals surface area contributed by atoms with Crippen LogP contribution in [0.5, 0.6) is 0 Å². The zero-order valence-corrected chi connectivity index (χ0v) is 18.6. The number of esters is 4. The van der Waals surface area contributed by atoms with E-state index in [0.29, 0.717) is 0 Å². The van der Waals surface area contributed by atoms with E-state index in [-0.39, 0.29) is 17.4 Å². The molecule has 30 heavy (non-hydrogen) atoms. The van der Waals surface area contributed by atoms with Crippen molar-refractivity contribution in [1.82, 2.24) is 5.32 Å². The van der Waals surface area contributed by atoms with Gasteiger partial charge in [0.1, 0.15) is 25.0 Å². The van der Waals surface area contributed by atoms with Crippen LogP contribution in [0.2, 0.25) is 0 Å². The molecule has 1 heterocycles. The Kier molecular flexibility index (Phi) is 10.6. The first kappa shape index (κ1) is 26.2. The van der Waals surface area contributed by atoms with E-state index < -0.39 is 60.6 Å². The molecular weight excluding hydrogens is 442 g/mol. The predicted octanol–water partition coefficient (Wildman–Crippen LogP) is -0.723. The standard InChI is InChI=1S/C17H25NO10S2/c1-7(19)24-5-12-14(25-8(2)20)15(26-9(3)21)13(23)16(28-12)18-11(6-29)17(30)27-10(4)22/h11-16,18,23,29H,5-6H2,1-4H3/t11-,12+,13+,14+,15+,16?/m0/s1. The van der Waals surface area contributed by atoms with Crippen LogP contribution in [0.25, 0.3) is 0 Å². The molecule has 13 heteroatoms. The number of hydrogen-bond donors (Lipinski definition) is 3. The van der Waals surface area contributed by atoms with Crippen molar-refractivity contribution >= 4 is 53.8 Å². The molecule has 2 N–H and O–H groups in total. The van der Waals surface area contributed by atoms with E-state index in [2.05, 4.69) is 17.9 Å². The topological polar surface area (TPSA) is 147 Å². The number of hydrogen-bond acceptors (Lipinski definition) is 13. The summed E-state index contributed by atoms with van der Waals surface area (Å²) < 4.78 is 25.9.